The van der Waals surface area contributed by atoms with E-state index in [1.54, 1.807) is 47.0 Å². The summed E-state index contributed by atoms with van der Waals surface area (Å²) in [4.78, 5) is 29.8. The Hall–Kier alpha value is -2.86. The molecule has 0 atom stereocenters. The van der Waals surface area contributed by atoms with Gasteiger partial charge in [0.15, 0.2) is 5.69 Å². The lowest BCUT2D eigenvalue weighted by Crippen LogP contribution is -2.33. The largest absolute Gasteiger partial charge is 0.347 e. The maximum Gasteiger partial charge on any atom is 0.287 e. The third-order valence-electron chi connectivity index (χ3n) is 4.74. The van der Waals surface area contributed by atoms with Gasteiger partial charge in [-0.3, -0.25) is 14.0 Å². The predicted molar refractivity (Wildman–Crippen MR) is 104 cm³/mol. The lowest BCUT2D eigenvalue weighted by molar-refractivity contribution is 0.0926. The van der Waals surface area contributed by atoms with Gasteiger partial charge in [-0.1, -0.05) is 36.6 Å². The molecular formula is C20H19ClN4O2. The number of nitrogens with one attached hydrogen (secondary N) is 2. The molecular weight excluding hydrogens is 364 g/mol. The SMILES string of the molecule is O=C(Nc1cccc(Cl)c1)c1nc(C(=O)NC2CCCC2)n2ccccc12. The molecule has 0 saturated heterocycles. The summed E-state index contributed by atoms with van der Waals surface area (Å²) in [7, 11) is 0. The van der Waals surface area contributed by atoms with E-state index in [4.69, 9.17) is 11.6 Å². The summed E-state index contributed by atoms with van der Waals surface area (Å²) in [5, 5.41) is 6.34. The molecule has 1 saturated carbocycles. The van der Waals surface area contributed by atoms with Gasteiger partial charge in [0.05, 0.1) is 5.52 Å². The summed E-state index contributed by atoms with van der Waals surface area (Å²) >= 11 is 5.97. The number of halogens is 1. The number of benzene rings is 1. The van der Waals surface area contributed by atoms with Crippen LogP contribution in [0.25, 0.3) is 5.52 Å². The van der Waals surface area contributed by atoms with Gasteiger partial charge < -0.3 is 10.6 Å². The number of hydrogen-bond donors (Lipinski definition) is 2. The van der Waals surface area contributed by atoms with Crippen molar-refractivity contribution in [3.63, 3.8) is 0 Å². The molecule has 138 valence electrons. The highest BCUT2D eigenvalue weighted by atomic mass is 35.5. The number of carbonyl (C=O) groups excluding carboxylic acids is 2. The zero-order valence-electron chi connectivity index (χ0n) is 14.6. The van der Waals surface area contributed by atoms with E-state index in [1.165, 1.54) is 0 Å². The van der Waals surface area contributed by atoms with Crippen molar-refractivity contribution < 1.29 is 9.59 Å². The fourth-order valence-electron chi connectivity index (χ4n) is 3.44. The summed E-state index contributed by atoms with van der Waals surface area (Å²) in [6.07, 6.45) is 5.96. The van der Waals surface area contributed by atoms with Gasteiger partial charge in [0.1, 0.15) is 0 Å². The highest BCUT2D eigenvalue weighted by Crippen LogP contribution is 2.20. The Balaban J connectivity index is 1.64. The zero-order valence-corrected chi connectivity index (χ0v) is 15.4. The van der Waals surface area contributed by atoms with Gasteiger partial charge in [-0.05, 0) is 43.2 Å². The standard InChI is InChI=1S/C20H19ClN4O2/c21-13-6-5-9-15(12-13)23-19(26)17-16-10-3-4-11-25(16)18(24-17)20(27)22-14-7-1-2-8-14/h3-6,9-12,14H,1-2,7-8H2,(H,22,27)(H,23,26). The Morgan fingerprint density at radius 3 is 2.67 bits per heavy atom. The van der Waals surface area contributed by atoms with Crippen LogP contribution in [-0.4, -0.2) is 27.2 Å². The average molecular weight is 383 g/mol. The van der Waals surface area contributed by atoms with Crippen LogP contribution in [0, 0.1) is 0 Å². The summed E-state index contributed by atoms with van der Waals surface area (Å²) < 4.78 is 1.65. The first-order chi connectivity index (χ1) is 13.1. The molecule has 0 spiro atoms. The van der Waals surface area contributed by atoms with Crippen LogP contribution in [0.4, 0.5) is 5.69 Å². The Morgan fingerprint density at radius 2 is 1.89 bits per heavy atom. The molecule has 0 bridgehead atoms. The molecule has 2 amide bonds. The van der Waals surface area contributed by atoms with Crippen molar-refractivity contribution in [3.8, 4) is 0 Å². The Kier molecular flexibility index (Phi) is 4.81. The molecule has 0 aliphatic heterocycles. The van der Waals surface area contributed by atoms with Crippen LogP contribution in [0.15, 0.2) is 48.7 Å². The van der Waals surface area contributed by atoms with Crippen molar-refractivity contribution in [1.29, 1.82) is 0 Å². The number of amides is 2. The van der Waals surface area contributed by atoms with E-state index in [1.807, 2.05) is 6.07 Å². The monoisotopic (exact) mass is 382 g/mol. The fourth-order valence-corrected chi connectivity index (χ4v) is 3.63. The minimum Gasteiger partial charge on any atom is -0.347 e. The molecule has 2 aromatic heterocycles. The van der Waals surface area contributed by atoms with Gasteiger partial charge in [-0.25, -0.2) is 4.98 Å². The van der Waals surface area contributed by atoms with E-state index in [0.29, 0.717) is 16.2 Å². The molecule has 4 rings (SSSR count). The van der Waals surface area contributed by atoms with Crippen LogP contribution >= 0.6 is 11.6 Å². The van der Waals surface area contributed by atoms with Crippen LogP contribution in [0.1, 0.15) is 46.8 Å². The maximum absolute atomic E-state index is 12.8. The third kappa shape index (κ3) is 3.66. The molecule has 2 N–H and O–H groups in total. The molecule has 1 fully saturated rings. The van der Waals surface area contributed by atoms with E-state index >= 15 is 0 Å². The fraction of sp³-hybridized carbons (Fsp3) is 0.250. The average Bonchev–Trinajstić information content (AvgIpc) is 3.29. The van der Waals surface area contributed by atoms with Crippen LogP contribution in [0.2, 0.25) is 5.02 Å². The second-order valence-corrected chi connectivity index (χ2v) is 7.10. The van der Waals surface area contributed by atoms with Gasteiger partial charge in [-0.2, -0.15) is 0 Å². The zero-order chi connectivity index (χ0) is 18.8. The number of imidazole rings is 1. The van der Waals surface area contributed by atoms with Crippen molar-refractivity contribution in [2.75, 3.05) is 5.32 Å². The predicted octanol–water partition coefficient (Wildman–Crippen LogP) is 3.91. The highest BCUT2D eigenvalue weighted by molar-refractivity contribution is 6.31. The lowest BCUT2D eigenvalue weighted by atomic mass is 10.2. The van der Waals surface area contributed by atoms with Crippen molar-refractivity contribution in [2.24, 2.45) is 0 Å². The molecule has 1 aliphatic carbocycles. The summed E-state index contributed by atoms with van der Waals surface area (Å²) in [6, 6.07) is 12.5. The molecule has 1 aliphatic rings. The molecule has 0 radical (unpaired) electrons. The van der Waals surface area contributed by atoms with Gasteiger partial charge in [0.25, 0.3) is 11.8 Å². The quantitative estimate of drug-likeness (QED) is 0.718. The summed E-state index contributed by atoms with van der Waals surface area (Å²) in [6.45, 7) is 0. The van der Waals surface area contributed by atoms with Crippen LogP contribution in [0.3, 0.4) is 0 Å². The third-order valence-corrected chi connectivity index (χ3v) is 4.97. The number of nitrogens with zero attached hydrogens (tertiary/aromatic N) is 2. The smallest absolute Gasteiger partial charge is 0.287 e. The molecule has 7 heteroatoms. The normalized spacial score (nSPS) is 14.4. The highest BCUT2D eigenvalue weighted by Gasteiger charge is 2.24. The van der Waals surface area contributed by atoms with Crippen molar-refractivity contribution >= 4 is 34.6 Å². The van der Waals surface area contributed by atoms with Gasteiger partial charge in [0.2, 0.25) is 5.82 Å². The Bertz CT molecular complexity index is 1010. The number of pyridine rings is 1. The number of rotatable bonds is 4. The Labute approximate surface area is 161 Å². The van der Waals surface area contributed by atoms with E-state index in [-0.39, 0.29) is 29.4 Å². The molecule has 0 unspecified atom stereocenters. The van der Waals surface area contributed by atoms with E-state index in [2.05, 4.69) is 15.6 Å². The minimum absolute atomic E-state index is 0.178. The first kappa shape index (κ1) is 17.5. The van der Waals surface area contributed by atoms with E-state index in [9.17, 15) is 9.59 Å². The number of fused-ring (bicyclic) bond motifs is 1. The molecule has 27 heavy (non-hydrogen) atoms. The van der Waals surface area contributed by atoms with Crippen LogP contribution in [0.5, 0.6) is 0 Å². The second-order valence-electron chi connectivity index (χ2n) is 6.66. The van der Waals surface area contributed by atoms with Crippen LogP contribution in [-0.2, 0) is 0 Å². The number of aromatic nitrogens is 2. The van der Waals surface area contributed by atoms with E-state index < -0.39 is 0 Å². The number of anilines is 1. The van der Waals surface area contributed by atoms with Gasteiger partial charge >= 0.3 is 0 Å². The second kappa shape index (κ2) is 7.40. The van der Waals surface area contributed by atoms with Crippen LogP contribution < -0.4 is 10.6 Å². The lowest BCUT2D eigenvalue weighted by Gasteiger charge is -2.10. The van der Waals surface area contributed by atoms with Gasteiger partial charge in [-0.15, -0.1) is 0 Å². The Morgan fingerprint density at radius 1 is 1.07 bits per heavy atom. The van der Waals surface area contributed by atoms with E-state index in [0.717, 1.165) is 25.7 Å². The maximum atomic E-state index is 12.8. The number of carbonyl (C=O) groups is 2. The number of hydrogen-bond acceptors (Lipinski definition) is 3. The topological polar surface area (TPSA) is 75.5 Å². The summed E-state index contributed by atoms with van der Waals surface area (Å²) in [5.74, 6) is -0.431. The van der Waals surface area contributed by atoms with Crippen molar-refractivity contribution in [2.45, 2.75) is 31.7 Å². The first-order valence-electron chi connectivity index (χ1n) is 8.97. The molecule has 3 aromatic rings. The van der Waals surface area contributed by atoms with Crippen molar-refractivity contribution in [3.05, 3.63) is 65.2 Å². The first-order valence-corrected chi connectivity index (χ1v) is 9.34. The molecule has 2 heterocycles. The summed E-state index contributed by atoms with van der Waals surface area (Å²) in [5.41, 5.74) is 1.35. The molecule has 1 aromatic carbocycles. The van der Waals surface area contributed by atoms with Crippen molar-refractivity contribution in [1.82, 2.24) is 14.7 Å². The minimum atomic E-state index is -0.388. The van der Waals surface area contributed by atoms with Gasteiger partial charge in [0, 0.05) is 22.9 Å². The molecule has 6 nitrogen and oxygen atoms in total.